The predicted molar refractivity (Wildman–Crippen MR) is 87.5 cm³/mol. The molecule has 1 amide bonds. The van der Waals surface area contributed by atoms with Crippen molar-refractivity contribution in [2.75, 3.05) is 12.4 Å². The monoisotopic (exact) mass is 349 g/mol. The second kappa shape index (κ2) is 7.65. The number of hydrogen-bond acceptors (Lipinski definition) is 3. The molecule has 0 fully saturated rings. The number of amides is 1. The van der Waals surface area contributed by atoms with Crippen molar-refractivity contribution in [3.05, 3.63) is 65.7 Å². The van der Waals surface area contributed by atoms with Crippen molar-refractivity contribution >= 4 is 23.5 Å². The first-order valence-corrected chi connectivity index (χ1v) is 7.14. The molecule has 0 aliphatic carbocycles. The number of nitrogens with one attached hydrogen (secondary N) is 1. The van der Waals surface area contributed by atoms with Crippen molar-refractivity contribution in [3.8, 4) is 5.75 Å². The second-order valence-corrected chi connectivity index (χ2v) is 5.00. The molecule has 1 N–H and O–H groups in total. The Morgan fingerprint density at radius 3 is 2.36 bits per heavy atom. The molecule has 2 aromatic rings. The molecule has 0 aromatic heterocycles. The molecule has 2 aromatic carbocycles. The van der Waals surface area contributed by atoms with Gasteiger partial charge in [-0.2, -0.15) is 13.2 Å². The zero-order chi connectivity index (χ0) is 18.4. The predicted octanol–water partition coefficient (Wildman–Crippen LogP) is 4.09. The lowest BCUT2D eigenvalue weighted by atomic mass is 10.1. The number of carbonyl (C=O) groups excluding carboxylic acids is 2. The second-order valence-electron chi connectivity index (χ2n) is 5.00. The van der Waals surface area contributed by atoms with E-state index in [0.717, 1.165) is 0 Å². The summed E-state index contributed by atoms with van der Waals surface area (Å²) >= 11 is 0. The quantitative estimate of drug-likeness (QED) is 0.653. The summed E-state index contributed by atoms with van der Waals surface area (Å²) in [6.45, 7) is 0. The van der Waals surface area contributed by atoms with Crippen LogP contribution < -0.4 is 10.1 Å². The molecular weight excluding hydrogens is 335 g/mol. The van der Waals surface area contributed by atoms with E-state index in [1.165, 1.54) is 37.5 Å². The van der Waals surface area contributed by atoms with Gasteiger partial charge in [0.15, 0.2) is 5.78 Å². The Bertz CT molecular complexity index is 796. The Balaban J connectivity index is 2.08. The number of anilines is 1. The van der Waals surface area contributed by atoms with Crippen LogP contribution in [-0.2, 0) is 4.79 Å². The Morgan fingerprint density at radius 2 is 1.76 bits per heavy atom. The maximum atomic E-state index is 12.3. The molecule has 0 atom stereocenters. The van der Waals surface area contributed by atoms with Gasteiger partial charge < -0.3 is 10.1 Å². The Hall–Kier alpha value is -3.09. The maximum Gasteiger partial charge on any atom is 0.471 e. The zero-order valence-electron chi connectivity index (χ0n) is 13.1. The van der Waals surface area contributed by atoms with Crippen molar-refractivity contribution in [2.24, 2.45) is 0 Å². The molecule has 0 spiro atoms. The largest absolute Gasteiger partial charge is 0.497 e. The third-order valence-electron chi connectivity index (χ3n) is 3.20. The van der Waals surface area contributed by atoms with E-state index in [1.807, 2.05) is 0 Å². The molecular formula is C18H14F3NO3. The zero-order valence-corrected chi connectivity index (χ0v) is 13.1. The highest BCUT2D eigenvalue weighted by molar-refractivity contribution is 6.07. The van der Waals surface area contributed by atoms with Crippen LogP contribution in [-0.4, -0.2) is 25.0 Å². The van der Waals surface area contributed by atoms with Crippen LogP contribution in [0.2, 0.25) is 0 Å². The number of ketones is 1. The first kappa shape index (κ1) is 18.3. The smallest absolute Gasteiger partial charge is 0.471 e. The van der Waals surface area contributed by atoms with E-state index < -0.39 is 12.1 Å². The van der Waals surface area contributed by atoms with Crippen molar-refractivity contribution < 1.29 is 27.5 Å². The van der Waals surface area contributed by atoms with E-state index in [0.29, 0.717) is 16.9 Å². The maximum absolute atomic E-state index is 12.3. The highest BCUT2D eigenvalue weighted by atomic mass is 19.4. The summed E-state index contributed by atoms with van der Waals surface area (Å²) < 4.78 is 41.8. The molecule has 0 aliphatic rings. The molecule has 0 heterocycles. The van der Waals surface area contributed by atoms with Crippen LogP contribution in [0.1, 0.15) is 15.9 Å². The van der Waals surface area contributed by atoms with Gasteiger partial charge in [-0.15, -0.1) is 0 Å². The fourth-order valence-corrected chi connectivity index (χ4v) is 1.95. The summed E-state index contributed by atoms with van der Waals surface area (Å²) in [5.74, 6) is -1.70. The summed E-state index contributed by atoms with van der Waals surface area (Å²) in [5.41, 5.74) is 0.904. The standard InChI is InChI=1S/C18H14F3NO3/c1-25-15-8-6-13(7-9-15)16(23)10-5-12-3-2-4-14(11-12)22-17(24)18(19,20)21/h2-11H,1H3,(H,22,24)/b10-5+. The lowest BCUT2D eigenvalue weighted by Gasteiger charge is -2.08. The molecule has 2 rings (SSSR count). The first-order chi connectivity index (χ1) is 11.8. The van der Waals surface area contributed by atoms with Gasteiger partial charge in [0.1, 0.15) is 5.75 Å². The normalized spacial score (nSPS) is 11.4. The first-order valence-electron chi connectivity index (χ1n) is 7.14. The van der Waals surface area contributed by atoms with Crippen molar-refractivity contribution in [1.29, 1.82) is 0 Å². The van der Waals surface area contributed by atoms with Gasteiger partial charge in [0.05, 0.1) is 7.11 Å². The molecule has 0 bridgehead atoms. The molecule has 0 radical (unpaired) electrons. The lowest BCUT2D eigenvalue weighted by molar-refractivity contribution is -0.167. The van der Waals surface area contributed by atoms with Gasteiger partial charge in [-0.1, -0.05) is 18.2 Å². The molecule has 130 valence electrons. The van der Waals surface area contributed by atoms with Crippen molar-refractivity contribution in [1.82, 2.24) is 0 Å². The SMILES string of the molecule is COc1ccc(C(=O)/C=C/c2cccc(NC(=O)C(F)(F)F)c2)cc1. The van der Waals surface area contributed by atoms with Gasteiger partial charge >= 0.3 is 12.1 Å². The van der Waals surface area contributed by atoms with Crippen LogP contribution in [0.4, 0.5) is 18.9 Å². The minimum absolute atomic E-state index is 0.0126. The number of hydrogen-bond donors (Lipinski definition) is 1. The average molecular weight is 349 g/mol. The molecule has 4 nitrogen and oxygen atoms in total. The summed E-state index contributed by atoms with van der Waals surface area (Å²) in [6, 6.07) is 12.2. The van der Waals surface area contributed by atoms with Crippen molar-refractivity contribution in [3.63, 3.8) is 0 Å². The van der Waals surface area contributed by atoms with E-state index in [9.17, 15) is 22.8 Å². The van der Waals surface area contributed by atoms with E-state index in [4.69, 9.17) is 4.74 Å². The molecule has 0 saturated carbocycles. The highest BCUT2D eigenvalue weighted by Crippen LogP contribution is 2.19. The van der Waals surface area contributed by atoms with E-state index >= 15 is 0 Å². The Kier molecular flexibility index (Phi) is 5.59. The highest BCUT2D eigenvalue weighted by Gasteiger charge is 2.38. The number of methoxy groups -OCH3 is 1. The number of benzene rings is 2. The number of ether oxygens (including phenoxy) is 1. The Morgan fingerprint density at radius 1 is 1.08 bits per heavy atom. The summed E-state index contributed by atoms with van der Waals surface area (Å²) in [4.78, 5) is 23.0. The van der Waals surface area contributed by atoms with Gasteiger partial charge in [-0.3, -0.25) is 9.59 Å². The molecule has 0 saturated heterocycles. The van der Waals surface area contributed by atoms with Gasteiger partial charge in [0.25, 0.3) is 0 Å². The summed E-state index contributed by atoms with van der Waals surface area (Å²) in [6.07, 6.45) is -2.21. The molecule has 7 heteroatoms. The minimum Gasteiger partial charge on any atom is -0.497 e. The van der Waals surface area contributed by atoms with Gasteiger partial charge in [-0.05, 0) is 48.0 Å². The average Bonchev–Trinajstić information content (AvgIpc) is 2.59. The van der Waals surface area contributed by atoms with E-state index in [-0.39, 0.29) is 11.5 Å². The lowest BCUT2D eigenvalue weighted by Crippen LogP contribution is -2.29. The number of rotatable bonds is 5. The van der Waals surface area contributed by atoms with Crippen LogP contribution >= 0.6 is 0 Å². The molecule has 25 heavy (non-hydrogen) atoms. The number of allylic oxidation sites excluding steroid dienone is 1. The fraction of sp³-hybridized carbons (Fsp3) is 0.111. The number of carbonyl (C=O) groups is 2. The van der Waals surface area contributed by atoms with Gasteiger partial charge in [0.2, 0.25) is 0 Å². The summed E-state index contributed by atoms with van der Waals surface area (Å²) in [5, 5.41) is 1.76. The van der Waals surface area contributed by atoms with Crippen LogP contribution in [0.15, 0.2) is 54.6 Å². The summed E-state index contributed by atoms with van der Waals surface area (Å²) in [7, 11) is 1.52. The van der Waals surface area contributed by atoms with Gasteiger partial charge in [-0.25, -0.2) is 0 Å². The third-order valence-corrected chi connectivity index (χ3v) is 3.20. The molecule has 0 unspecified atom stereocenters. The van der Waals surface area contributed by atoms with E-state index in [1.54, 1.807) is 35.6 Å². The van der Waals surface area contributed by atoms with Gasteiger partial charge in [0, 0.05) is 11.3 Å². The fourth-order valence-electron chi connectivity index (χ4n) is 1.95. The van der Waals surface area contributed by atoms with Crippen LogP contribution in [0, 0.1) is 0 Å². The molecule has 0 aliphatic heterocycles. The third kappa shape index (κ3) is 5.20. The minimum atomic E-state index is -4.96. The van der Waals surface area contributed by atoms with Crippen LogP contribution in [0.3, 0.4) is 0 Å². The number of alkyl halides is 3. The van der Waals surface area contributed by atoms with Crippen molar-refractivity contribution in [2.45, 2.75) is 6.18 Å². The van der Waals surface area contributed by atoms with E-state index in [2.05, 4.69) is 0 Å². The number of halogens is 3. The Labute approximate surface area is 141 Å². The topological polar surface area (TPSA) is 55.4 Å². The van der Waals surface area contributed by atoms with Crippen LogP contribution in [0.25, 0.3) is 6.08 Å². The van der Waals surface area contributed by atoms with Crippen LogP contribution in [0.5, 0.6) is 5.75 Å².